The van der Waals surface area contributed by atoms with Crippen molar-refractivity contribution >= 4 is 44.8 Å². The molecule has 2 amide bonds. The van der Waals surface area contributed by atoms with Crippen LogP contribution in [0.4, 0.5) is 15.8 Å². The van der Waals surface area contributed by atoms with E-state index in [9.17, 15) is 22.4 Å². The average molecular weight is 476 g/mol. The molecular weight excluding hydrogens is 457 g/mol. The molecule has 0 aliphatic carbocycles. The highest BCUT2D eigenvalue weighted by Crippen LogP contribution is 2.24. The third-order valence-electron chi connectivity index (χ3n) is 4.41. The van der Waals surface area contributed by atoms with Gasteiger partial charge in [0.05, 0.1) is 27.7 Å². The average Bonchev–Trinajstić information content (AvgIpc) is 2.75. The van der Waals surface area contributed by atoms with Crippen LogP contribution in [0.1, 0.15) is 15.9 Å². The Morgan fingerprint density at radius 1 is 1.00 bits per heavy atom. The summed E-state index contributed by atoms with van der Waals surface area (Å²) in [6, 6.07) is 16.1. The zero-order chi connectivity index (χ0) is 23.3. The van der Waals surface area contributed by atoms with Crippen LogP contribution in [-0.2, 0) is 14.8 Å². The second-order valence-corrected chi connectivity index (χ2v) is 8.83. The Bertz CT molecular complexity index is 1280. The highest BCUT2D eigenvalue weighted by atomic mass is 35.5. The van der Waals surface area contributed by atoms with Gasteiger partial charge in [0, 0.05) is 5.69 Å². The number of anilines is 2. The number of carbonyl (C=O) groups excluding carboxylic acids is 2. The SMILES string of the molecule is Cc1ccc(NC(=O)CNC(=O)c2ccccc2Cl)cc1S(=O)(=O)Nc1ccccc1F. The fourth-order valence-corrected chi connectivity index (χ4v) is 4.38. The number of hydrogen-bond acceptors (Lipinski definition) is 4. The number of sulfonamides is 1. The van der Waals surface area contributed by atoms with Gasteiger partial charge in [-0.25, -0.2) is 12.8 Å². The maximum atomic E-state index is 13.9. The first-order chi connectivity index (χ1) is 15.2. The molecule has 0 spiro atoms. The van der Waals surface area contributed by atoms with Crippen molar-refractivity contribution in [3.05, 3.63) is 88.7 Å². The maximum Gasteiger partial charge on any atom is 0.262 e. The van der Waals surface area contributed by atoms with Crippen LogP contribution in [0.3, 0.4) is 0 Å². The molecule has 3 aromatic carbocycles. The van der Waals surface area contributed by atoms with Gasteiger partial charge in [0.2, 0.25) is 5.91 Å². The fraction of sp³-hybridized carbons (Fsp3) is 0.0909. The van der Waals surface area contributed by atoms with Crippen LogP contribution in [0.5, 0.6) is 0 Å². The molecule has 0 aliphatic rings. The monoisotopic (exact) mass is 475 g/mol. The highest BCUT2D eigenvalue weighted by Gasteiger charge is 2.20. The van der Waals surface area contributed by atoms with Gasteiger partial charge in [-0.3, -0.25) is 14.3 Å². The summed E-state index contributed by atoms with van der Waals surface area (Å²) >= 11 is 5.96. The second-order valence-electron chi connectivity index (χ2n) is 6.78. The minimum absolute atomic E-state index is 0.126. The van der Waals surface area contributed by atoms with Gasteiger partial charge >= 0.3 is 0 Å². The molecule has 32 heavy (non-hydrogen) atoms. The first kappa shape index (κ1) is 23.2. The molecule has 0 heterocycles. The molecule has 0 atom stereocenters. The van der Waals surface area contributed by atoms with Crippen molar-refractivity contribution < 1.29 is 22.4 Å². The van der Waals surface area contributed by atoms with Crippen LogP contribution < -0.4 is 15.4 Å². The summed E-state index contributed by atoms with van der Waals surface area (Å²) in [4.78, 5) is 24.3. The van der Waals surface area contributed by atoms with Gasteiger partial charge < -0.3 is 10.6 Å². The van der Waals surface area contributed by atoms with Crippen molar-refractivity contribution in [3.63, 3.8) is 0 Å². The maximum absolute atomic E-state index is 13.9. The quantitative estimate of drug-likeness (QED) is 0.481. The van der Waals surface area contributed by atoms with Gasteiger partial charge in [0.15, 0.2) is 0 Å². The number of benzene rings is 3. The molecule has 3 aromatic rings. The Hall–Kier alpha value is -3.43. The topological polar surface area (TPSA) is 104 Å². The molecule has 0 aliphatic heterocycles. The molecule has 0 aromatic heterocycles. The Balaban J connectivity index is 1.70. The molecule has 7 nitrogen and oxygen atoms in total. The van der Waals surface area contributed by atoms with Crippen LogP contribution in [0, 0.1) is 12.7 Å². The van der Waals surface area contributed by atoms with Crippen molar-refractivity contribution in [3.8, 4) is 0 Å². The summed E-state index contributed by atoms with van der Waals surface area (Å²) in [7, 11) is -4.12. The molecule has 0 unspecified atom stereocenters. The number of nitrogens with one attached hydrogen (secondary N) is 3. The molecule has 166 valence electrons. The molecule has 0 saturated carbocycles. The third kappa shape index (κ3) is 5.63. The summed E-state index contributed by atoms with van der Waals surface area (Å²) in [5.74, 6) is -1.81. The number of aryl methyl sites for hydroxylation is 1. The molecule has 3 rings (SSSR count). The Morgan fingerprint density at radius 3 is 2.41 bits per heavy atom. The Morgan fingerprint density at radius 2 is 1.69 bits per heavy atom. The summed E-state index contributed by atoms with van der Waals surface area (Å²) < 4.78 is 41.6. The van der Waals surface area contributed by atoms with Gasteiger partial charge in [-0.1, -0.05) is 41.9 Å². The normalized spacial score (nSPS) is 11.0. The summed E-state index contributed by atoms with van der Waals surface area (Å²) in [6.45, 7) is 1.22. The van der Waals surface area contributed by atoms with Crippen LogP contribution >= 0.6 is 11.6 Å². The number of carbonyl (C=O) groups is 2. The predicted molar refractivity (Wildman–Crippen MR) is 121 cm³/mol. The Kier molecular flexibility index (Phi) is 7.12. The van der Waals surface area contributed by atoms with Crippen molar-refractivity contribution in [1.82, 2.24) is 5.32 Å². The highest BCUT2D eigenvalue weighted by molar-refractivity contribution is 7.92. The first-order valence-electron chi connectivity index (χ1n) is 9.38. The van der Waals surface area contributed by atoms with E-state index in [0.29, 0.717) is 5.56 Å². The van der Waals surface area contributed by atoms with Crippen LogP contribution in [0.15, 0.2) is 71.6 Å². The van der Waals surface area contributed by atoms with E-state index in [1.165, 1.54) is 42.5 Å². The lowest BCUT2D eigenvalue weighted by atomic mass is 10.2. The van der Waals surface area contributed by atoms with Crippen LogP contribution in [0.2, 0.25) is 5.02 Å². The molecule has 3 N–H and O–H groups in total. The zero-order valence-corrected chi connectivity index (χ0v) is 18.4. The lowest BCUT2D eigenvalue weighted by molar-refractivity contribution is -0.115. The molecular formula is C22H19ClFN3O4S. The largest absolute Gasteiger partial charge is 0.343 e. The second kappa shape index (κ2) is 9.80. The van der Waals surface area contributed by atoms with Gasteiger partial charge in [0.1, 0.15) is 5.82 Å². The van der Waals surface area contributed by atoms with Gasteiger partial charge in [-0.2, -0.15) is 0 Å². The van der Waals surface area contributed by atoms with E-state index in [1.807, 2.05) is 0 Å². The van der Waals surface area contributed by atoms with Gasteiger partial charge in [-0.15, -0.1) is 0 Å². The standard InChI is InChI=1S/C22H19ClFN3O4S/c1-14-10-11-15(12-20(14)32(30,31)27-19-9-5-4-8-18(19)24)26-21(28)13-25-22(29)16-6-2-3-7-17(16)23/h2-12,27H,13H2,1H3,(H,25,29)(H,26,28). The van der Waals surface area contributed by atoms with Crippen LogP contribution in [0.25, 0.3) is 0 Å². The fourth-order valence-electron chi connectivity index (χ4n) is 2.82. The smallest absolute Gasteiger partial charge is 0.262 e. The minimum Gasteiger partial charge on any atom is -0.343 e. The summed E-state index contributed by atoms with van der Waals surface area (Å²) in [5.41, 5.74) is 0.633. The predicted octanol–water partition coefficient (Wildman–Crippen LogP) is 3.96. The van der Waals surface area contributed by atoms with E-state index in [2.05, 4.69) is 15.4 Å². The lowest BCUT2D eigenvalue weighted by Gasteiger charge is -2.13. The molecule has 0 fully saturated rings. The van der Waals surface area contributed by atoms with Crippen molar-refractivity contribution in [2.45, 2.75) is 11.8 Å². The Labute approximate surface area is 189 Å². The van der Waals surface area contributed by atoms with Crippen LogP contribution in [-0.4, -0.2) is 26.8 Å². The van der Waals surface area contributed by atoms with E-state index in [0.717, 1.165) is 6.07 Å². The van der Waals surface area contributed by atoms with E-state index < -0.39 is 27.7 Å². The number of hydrogen-bond donors (Lipinski definition) is 3. The van der Waals surface area contributed by atoms with Crippen molar-refractivity contribution in [2.75, 3.05) is 16.6 Å². The number of rotatable bonds is 7. The zero-order valence-electron chi connectivity index (χ0n) is 16.9. The molecule has 10 heteroatoms. The van der Waals surface area contributed by atoms with E-state index in [1.54, 1.807) is 25.1 Å². The molecule has 0 radical (unpaired) electrons. The van der Waals surface area contributed by atoms with Gasteiger partial charge in [-0.05, 0) is 48.9 Å². The minimum atomic E-state index is -4.12. The van der Waals surface area contributed by atoms with Crippen molar-refractivity contribution in [1.29, 1.82) is 0 Å². The van der Waals surface area contributed by atoms with Gasteiger partial charge in [0.25, 0.3) is 15.9 Å². The first-order valence-corrected chi connectivity index (χ1v) is 11.2. The third-order valence-corrected chi connectivity index (χ3v) is 6.24. The molecule has 0 bridgehead atoms. The summed E-state index contributed by atoms with van der Waals surface area (Å²) in [5, 5.41) is 5.22. The number of halogens is 2. The molecule has 0 saturated heterocycles. The van der Waals surface area contributed by atoms with E-state index in [4.69, 9.17) is 11.6 Å². The van der Waals surface area contributed by atoms with E-state index >= 15 is 0 Å². The number of para-hydroxylation sites is 1. The van der Waals surface area contributed by atoms with E-state index in [-0.39, 0.29) is 33.4 Å². The lowest BCUT2D eigenvalue weighted by Crippen LogP contribution is -2.33. The number of amides is 2. The summed E-state index contributed by atoms with van der Waals surface area (Å²) in [6.07, 6.45) is 0. The van der Waals surface area contributed by atoms with Crippen molar-refractivity contribution in [2.24, 2.45) is 0 Å².